The lowest BCUT2D eigenvalue weighted by Crippen LogP contribution is -2.33. The number of rotatable bonds is 7. The number of ether oxygens (including phenoxy) is 1. The van der Waals surface area contributed by atoms with Crippen molar-refractivity contribution < 1.29 is 17.9 Å². The molecule has 11 heteroatoms. The van der Waals surface area contributed by atoms with Crippen LogP contribution in [0.3, 0.4) is 0 Å². The first-order valence-electron chi connectivity index (χ1n) is 7.51. The minimum atomic E-state index is -3.80. The largest absolute Gasteiger partial charge is 0.465 e. The minimum absolute atomic E-state index is 0.0148. The van der Waals surface area contributed by atoms with Crippen molar-refractivity contribution in [1.82, 2.24) is 15.3 Å². The van der Waals surface area contributed by atoms with Gasteiger partial charge in [0.2, 0.25) is 5.95 Å². The fraction of sp³-hybridized carbons (Fsp3) is 0.200. The average molecular weight is 395 g/mol. The lowest BCUT2D eigenvalue weighted by atomic mass is 10.3. The molecule has 0 unspecified atom stereocenters. The Labute approximate surface area is 156 Å². The van der Waals surface area contributed by atoms with Gasteiger partial charge < -0.3 is 15.4 Å². The summed E-state index contributed by atoms with van der Waals surface area (Å²) in [6.45, 7) is 1.94. The number of esters is 1. The normalized spacial score (nSPS) is 10.7. The highest BCUT2D eigenvalue weighted by molar-refractivity contribution is 7.92. The van der Waals surface area contributed by atoms with Gasteiger partial charge in [-0.15, -0.1) is 0 Å². The van der Waals surface area contributed by atoms with Crippen LogP contribution in [0, 0.1) is 0 Å². The van der Waals surface area contributed by atoms with E-state index in [2.05, 4.69) is 25.3 Å². The van der Waals surface area contributed by atoms with Gasteiger partial charge in [0.05, 0.1) is 11.5 Å². The Hall–Kier alpha value is -2.79. The van der Waals surface area contributed by atoms with Crippen LogP contribution in [0.15, 0.2) is 47.6 Å². The van der Waals surface area contributed by atoms with E-state index in [9.17, 15) is 13.2 Å². The molecule has 138 valence electrons. The molecule has 1 aromatic carbocycles. The maximum Gasteiger partial charge on any atom is 0.325 e. The summed E-state index contributed by atoms with van der Waals surface area (Å²) >= 11 is 5.05. The smallest absolute Gasteiger partial charge is 0.325 e. The van der Waals surface area contributed by atoms with Crippen molar-refractivity contribution in [3.8, 4) is 0 Å². The Balaban J connectivity index is 1.95. The SMILES string of the molecule is CCOC(=O)CNC(=S)Nc1ccc(S(=O)(=O)Nc2ncccn2)cc1. The highest BCUT2D eigenvalue weighted by Crippen LogP contribution is 2.16. The van der Waals surface area contributed by atoms with Gasteiger partial charge in [0.25, 0.3) is 10.0 Å². The molecule has 26 heavy (non-hydrogen) atoms. The van der Waals surface area contributed by atoms with Crippen molar-refractivity contribution in [3.05, 3.63) is 42.7 Å². The van der Waals surface area contributed by atoms with E-state index in [4.69, 9.17) is 17.0 Å². The number of hydrogen-bond acceptors (Lipinski definition) is 7. The summed E-state index contributed by atoms with van der Waals surface area (Å²) in [6, 6.07) is 7.47. The molecule has 1 heterocycles. The molecule has 1 aromatic heterocycles. The Bertz CT molecular complexity index is 857. The van der Waals surface area contributed by atoms with E-state index in [-0.39, 0.29) is 22.5 Å². The number of thiocarbonyl (C=S) groups is 1. The van der Waals surface area contributed by atoms with Gasteiger partial charge in [0.1, 0.15) is 6.54 Å². The van der Waals surface area contributed by atoms with E-state index in [0.717, 1.165) is 0 Å². The van der Waals surface area contributed by atoms with Crippen LogP contribution in [0.25, 0.3) is 0 Å². The van der Waals surface area contributed by atoms with E-state index in [0.29, 0.717) is 12.3 Å². The van der Waals surface area contributed by atoms with Crippen LogP contribution in [0.5, 0.6) is 0 Å². The molecular weight excluding hydrogens is 378 g/mol. The van der Waals surface area contributed by atoms with Crippen molar-refractivity contribution in [2.24, 2.45) is 0 Å². The molecule has 9 nitrogen and oxygen atoms in total. The molecule has 0 atom stereocenters. The number of nitrogens with zero attached hydrogens (tertiary/aromatic N) is 2. The third-order valence-electron chi connectivity index (χ3n) is 2.91. The molecule has 2 aromatic rings. The second-order valence-electron chi connectivity index (χ2n) is 4.81. The number of benzene rings is 1. The number of anilines is 2. The highest BCUT2D eigenvalue weighted by atomic mass is 32.2. The van der Waals surface area contributed by atoms with Crippen LogP contribution < -0.4 is 15.4 Å². The number of carbonyl (C=O) groups excluding carboxylic acids is 1. The van der Waals surface area contributed by atoms with Gasteiger partial charge in [-0.2, -0.15) is 0 Å². The zero-order chi connectivity index (χ0) is 19.0. The number of sulfonamides is 1. The van der Waals surface area contributed by atoms with Crippen molar-refractivity contribution >= 4 is 45.0 Å². The standard InChI is InChI=1S/C15H17N5O4S2/c1-2-24-13(21)10-18-15(25)19-11-4-6-12(7-5-11)26(22,23)20-14-16-8-3-9-17-14/h3-9H,2,10H2,1H3,(H,16,17,20)(H2,18,19,25). The number of hydrogen-bond donors (Lipinski definition) is 3. The second kappa shape index (κ2) is 9.06. The van der Waals surface area contributed by atoms with E-state index in [1.807, 2.05) is 0 Å². The molecule has 0 amide bonds. The molecule has 0 bridgehead atoms. The van der Waals surface area contributed by atoms with Gasteiger partial charge >= 0.3 is 5.97 Å². The molecule has 0 radical (unpaired) electrons. The van der Waals surface area contributed by atoms with Gasteiger partial charge in [0, 0.05) is 18.1 Å². The Morgan fingerprint density at radius 3 is 2.46 bits per heavy atom. The molecule has 0 saturated carbocycles. The van der Waals surface area contributed by atoms with Crippen LogP contribution in [0.1, 0.15) is 6.92 Å². The molecule has 0 aliphatic rings. The first kappa shape index (κ1) is 19.5. The Morgan fingerprint density at radius 1 is 1.19 bits per heavy atom. The van der Waals surface area contributed by atoms with Crippen molar-refractivity contribution in [2.75, 3.05) is 23.2 Å². The van der Waals surface area contributed by atoms with Crippen LogP contribution >= 0.6 is 12.2 Å². The van der Waals surface area contributed by atoms with Gasteiger partial charge in [-0.1, -0.05) is 0 Å². The number of aromatic nitrogens is 2. The third-order valence-corrected chi connectivity index (χ3v) is 4.50. The molecule has 0 aliphatic heterocycles. The van der Waals surface area contributed by atoms with E-state index in [1.165, 1.54) is 24.5 Å². The predicted molar refractivity (Wildman–Crippen MR) is 100 cm³/mol. The van der Waals surface area contributed by atoms with E-state index in [1.54, 1.807) is 25.1 Å². The Morgan fingerprint density at radius 2 is 1.85 bits per heavy atom. The highest BCUT2D eigenvalue weighted by Gasteiger charge is 2.15. The third kappa shape index (κ3) is 5.93. The van der Waals surface area contributed by atoms with E-state index >= 15 is 0 Å². The molecule has 2 rings (SSSR count). The maximum absolute atomic E-state index is 12.3. The van der Waals surface area contributed by atoms with Crippen LogP contribution in [-0.4, -0.2) is 42.6 Å². The molecule has 0 spiro atoms. The molecule has 0 saturated heterocycles. The molecular formula is C15H17N5O4S2. The van der Waals surface area contributed by atoms with Crippen molar-refractivity contribution in [2.45, 2.75) is 11.8 Å². The average Bonchev–Trinajstić information content (AvgIpc) is 2.61. The zero-order valence-corrected chi connectivity index (χ0v) is 15.4. The predicted octanol–water partition coefficient (Wildman–Crippen LogP) is 1.13. The number of nitrogens with one attached hydrogen (secondary N) is 3. The Kier molecular flexibility index (Phi) is 6.81. The lowest BCUT2D eigenvalue weighted by Gasteiger charge is -2.11. The van der Waals surface area contributed by atoms with Crippen LogP contribution in [-0.2, 0) is 19.6 Å². The van der Waals surface area contributed by atoms with Crippen molar-refractivity contribution in [1.29, 1.82) is 0 Å². The van der Waals surface area contributed by atoms with Gasteiger partial charge in [-0.25, -0.2) is 23.1 Å². The monoisotopic (exact) mass is 395 g/mol. The summed E-state index contributed by atoms with van der Waals surface area (Å²) in [5.74, 6) is -0.439. The molecule has 0 fully saturated rings. The maximum atomic E-state index is 12.3. The summed E-state index contributed by atoms with van der Waals surface area (Å²) in [7, 11) is -3.80. The summed E-state index contributed by atoms with van der Waals surface area (Å²) in [5, 5.41) is 5.74. The van der Waals surface area contributed by atoms with Crippen molar-refractivity contribution in [3.63, 3.8) is 0 Å². The molecule has 3 N–H and O–H groups in total. The second-order valence-corrected chi connectivity index (χ2v) is 6.91. The van der Waals surface area contributed by atoms with E-state index < -0.39 is 16.0 Å². The van der Waals surface area contributed by atoms with Crippen LogP contribution in [0.4, 0.5) is 11.6 Å². The van der Waals surface area contributed by atoms with Gasteiger partial charge in [-0.3, -0.25) is 4.79 Å². The fourth-order valence-electron chi connectivity index (χ4n) is 1.79. The summed E-state index contributed by atoms with van der Waals surface area (Å²) < 4.78 is 31.6. The summed E-state index contributed by atoms with van der Waals surface area (Å²) in [5.41, 5.74) is 0.557. The first-order valence-corrected chi connectivity index (χ1v) is 9.40. The minimum Gasteiger partial charge on any atom is -0.465 e. The van der Waals surface area contributed by atoms with Gasteiger partial charge in [-0.05, 0) is 49.5 Å². The zero-order valence-electron chi connectivity index (χ0n) is 13.8. The number of carbonyl (C=O) groups is 1. The van der Waals surface area contributed by atoms with Gasteiger partial charge in [0.15, 0.2) is 5.11 Å². The van der Waals surface area contributed by atoms with Crippen LogP contribution in [0.2, 0.25) is 0 Å². The lowest BCUT2D eigenvalue weighted by molar-refractivity contribution is -0.141. The fourth-order valence-corrected chi connectivity index (χ4v) is 2.94. The first-order chi connectivity index (χ1) is 12.4. The topological polar surface area (TPSA) is 122 Å². The quantitative estimate of drug-likeness (QED) is 0.467. The molecule has 0 aliphatic carbocycles. The summed E-state index contributed by atoms with van der Waals surface area (Å²) in [4.78, 5) is 18.9. The summed E-state index contributed by atoms with van der Waals surface area (Å²) in [6.07, 6.45) is 2.87.